The van der Waals surface area contributed by atoms with E-state index in [0.29, 0.717) is 46.8 Å². The molecule has 260 valence electrons. The minimum atomic E-state index is -1.06. The van der Waals surface area contributed by atoms with Crippen molar-refractivity contribution in [3.63, 3.8) is 0 Å². The van der Waals surface area contributed by atoms with Gasteiger partial charge in [-0.25, -0.2) is 4.79 Å². The number of rotatable bonds is 11. The predicted molar refractivity (Wildman–Crippen MR) is 187 cm³/mol. The molecule has 2 bridgehead atoms. The van der Waals surface area contributed by atoms with Crippen molar-refractivity contribution in [2.24, 2.45) is 23.0 Å². The van der Waals surface area contributed by atoms with Crippen molar-refractivity contribution in [3.8, 4) is 11.5 Å². The number of ether oxygens (including phenoxy) is 3. The predicted octanol–water partition coefficient (Wildman–Crippen LogP) is 5.73. The van der Waals surface area contributed by atoms with E-state index in [1.807, 2.05) is 57.2 Å². The van der Waals surface area contributed by atoms with Gasteiger partial charge >= 0.3 is 14.5 Å². The maximum Gasteiger partial charge on any atom is 1.00 e. The van der Waals surface area contributed by atoms with Crippen LogP contribution < -0.4 is 20.5 Å². The Kier molecular flexibility index (Phi) is 9.56. The summed E-state index contributed by atoms with van der Waals surface area (Å²) in [6.07, 6.45) is 3.72. The smallest absolute Gasteiger partial charge is 0.496 e. The zero-order valence-electron chi connectivity index (χ0n) is 30.5. The van der Waals surface area contributed by atoms with E-state index in [0.717, 1.165) is 18.4 Å². The van der Waals surface area contributed by atoms with Crippen LogP contribution in [0.3, 0.4) is 0 Å². The lowest BCUT2D eigenvalue weighted by molar-refractivity contribution is -0.199. The first kappa shape index (κ1) is 34.9. The zero-order chi connectivity index (χ0) is 35.1. The van der Waals surface area contributed by atoms with Gasteiger partial charge in [0.2, 0.25) is 5.91 Å². The Morgan fingerprint density at radius 2 is 1.84 bits per heavy atom. The molecule has 3 saturated carbocycles. The molecule has 7 rings (SSSR count). The van der Waals surface area contributed by atoms with E-state index in [9.17, 15) is 9.59 Å². The number of hydrogen-bond acceptors (Lipinski definition) is 9. The molecular formula is C38H49BN3O7+. The normalized spacial score (nSPS) is 25.0. The molecule has 3 aromatic rings. The highest BCUT2D eigenvalue weighted by Gasteiger charge is 2.68. The molecule has 2 aromatic carbocycles. The van der Waals surface area contributed by atoms with Gasteiger partial charge in [-0.15, -0.1) is 0 Å². The van der Waals surface area contributed by atoms with E-state index in [2.05, 4.69) is 31.1 Å². The molecule has 10 nitrogen and oxygen atoms in total. The van der Waals surface area contributed by atoms with Gasteiger partial charge in [0.1, 0.15) is 35.3 Å². The first-order valence-electron chi connectivity index (χ1n) is 17.1. The quantitative estimate of drug-likeness (QED) is 0.194. The fraction of sp³-hybridized carbons (Fsp3) is 0.500. The van der Waals surface area contributed by atoms with E-state index in [4.69, 9.17) is 29.3 Å². The van der Waals surface area contributed by atoms with Gasteiger partial charge in [-0.1, -0.05) is 56.3 Å². The van der Waals surface area contributed by atoms with Gasteiger partial charge in [0.05, 0.1) is 36.6 Å². The summed E-state index contributed by atoms with van der Waals surface area (Å²) in [5.74, 6) is 0.259. The lowest BCUT2D eigenvalue weighted by atomic mass is 9.43. The molecule has 3 aliphatic carbocycles. The lowest BCUT2D eigenvalue weighted by Gasteiger charge is -2.64. The topological polar surface area (TPSA) is 131 Å². The van der Waals surface area contributed by atoms with Crippen LogP contribution >= 0.6 is 0 Å². The first-order valence-corrected chi connectivity index (χ1v) is 17.1. The number of para-hydroxylation sites is 1. The molecule has 1 amide bonds. The molecule has 1 aromatic heterocycles. The number of carbonyl (C=O) groups is 2. The van der Waals surface area contributed by atoms with Gasteiger partial charge < -0.3 is 34.6 Å². The van der Waals surface area contributed by atoms with Crippen molar-refractivity contribution in [1.29, 1.82) is 0 Å². The third kappa shape index (κ3) is 7.07. The van der Waals surface area contributed by atoms with Crippen LogP contribution in [0.4, 0.5) is 0 Å². The summed E-state index contributed by atoms with van der Waals surface area (Å²) in [7, 11) is 0.765. The van der Waals surface area contributed by atoms with Gasteiger partial charge in [-0.3, -0.25) is 9.78 Å². The van der Waals surface area contributed by atoms with Crippen LogP contribution in [0.2, 0.25) is 0 Å². The number of benzene rings is 2. The second-order valence-corrected chi connectivity index (χ2v) is 15.3. The Morgan fingerprint density at radius 1 is 1.08 bits per heavy atom. The molecule has 0 radical (unpaired) electrons. The van der Waals surface area contributed by atoms with Crippen molar-refractivity contribution in [1.82, 2.24) is 10.3 Å². The molecule has 0 spiro atoms. The Balaban J connectivity index is 0.00000486. The molecule has 4 aliphatic rings. The van der Waals surface area contributed by atoms with Crippen LogP contribution in [-0.4, -0.2) is 54.3 Å². The van der Waals surface area contributed by atoms with Gasteiger partial charge in [0, 0.05) is 0 Å². The number of aromatic nitrogens is 1. The molecule has 6 atom stereocenters. The van der Waals surface area contributed by atoms with Gasteiger partial charge in [0.15, 0.2) is 0 Å². The summed E-state index contributed by atoms with van der Waals surface area (Å²) in [4.78, 5) is 31.4. The van der Waals surface area contributed by atoms with Gasteiger partial charge in [-0.05, 0) is 93.5 Å². The van der Waals surface area contributed by atoms with E-state index < -0.39 is 42.2 Å². The summed E-state index contributed by atoms with van der Waals surface area (Å²) in [6.45, 7) is 12.6. The number of nitrogens with zero attached hydrogens (tertiary/aromatic N) is 1. The first-order chi connectivity index (χ1) is 23.2. The van der Waals surface area contributed by atoms with Crippen molar-refractivity contribution in [2.45, 2.75) is 96.7 Å². The van der Waals surface area contributed by atoms with Crippen LogP contribution in [0, 0.1) is 17.3 Å². The second-order valence-electron chi connectivity index (χ2n) is 15.3. The summed E-state index contributed by atoms with van der Waals surface area (Å²) < 4.78 is 30.8. The maximum atomic E-state index is 13.8. The van der Waals surface area contributed by atoms with Gasteiger partial charge in [0.25, 0.3) is 0 Å². The van der Waals surface area contributed by atoms with E-state index in [1.165, 1.54) is 7.11 Å². The number of amides is 1. The van der Waals surface area contributed by atoms with E-state index in [1.54, 1.807) is 30.5 Å². The van der Waals surface area contributed by atoms with Gasteiger partial charge in [-0.2, -0.15) is 0 Å². The van der Waals surface area contributed by atoms with Crippen molar-refractivity contribution < 1.29 is 34.5 Å². The summed E-state index contributed by atoms with van der Waals surface area (Å²) in [5, 5.41) is 3.12. The number of carbonyl (C=O) groups excluding carboxylic acids is 2. The lowest BCUT2D eigenvalue weighted by Crippen LogP contribution is -2.65. The summed E-state index contributed by atoms with van der Waals surface area (Å²) >= 11 is 0. The second kappa shape index (κ2) is 13.4. The Hall–Kier alpha value is -3.93. The van der Waals surface area contributed by atoms with Crippen molar-refractivity contribution in [3.05, 3.63) is 89.2 Å². The Bertz CT molecular complexity index is 1670. The number of methoxy groups -OCH3 is 1. The largest absolute Gasteiger partial charge is 1.00 e. The molecule has 2 unspecified atom stereocenters. The van der Waals surface area contributed by atoms with Crippen LogP contribution in [-0.2, 0) is 31.9 Å². The van der Waals surface area contributed by atoms with Crippen molar-refractivity contribution >= 4 is 19.0 Å². The standard InChI is InChI=1S/C38H48BN3O7/c1-36(2,3)47-35(44)27-15-11-14-24(33(27)45-7)18-31(39-48-30-20-25-19-29(37(25,4)5)38(30,6)49-39)42-34(43)32(40)28-17-16-26(21-41-28)46-22-23-12-9-8-10-13-23/h8-17,21,25,29-32H,18-20,22,40H2,1-7H3,(H,42,43)/p+1/t25-,29-,30?,31-,32?,38-/m0/s1. The number of esters is 1. The fourth-order valence-corrected chi connectivity index (χ4v) is 7.81. The highest BCUT2D eigenvalue weighted by Crippen LogP contribution is 2.65. The minimum Gasteiger partial charge on any atom is -0.496 e. The monoisotopic (exact) mass is 670 g/mol. The van der Waals surface area contributed by atoms with Crippen molar-refractivity contribution in [2.75, 3.05) is 7.11 Å². The minimum absolute atomic E-state index is 0. The molecule has 4 fully saturated rings. The van der Waals surface area contributed by atoms with Crippen LogP contribution in [0.1, 0.15) is 89.0 Å². The summed E-state index contributed by atoms with van der Waals surface area (Å²) in [6, 6.07) is 17.5. The average molecular weight is 671 g/mol. The third-order valence-corrected chi connectivity index (χ3v) is 10.6. The Morgan fingerprint density at radius 3 is 2.49 bits per heavy atom. The van der Waals surface area contributed by atoms with Crippen LogP contribution in [0.25, 0.3) is 0 Å². The van der Waals surface area contributed by atoms with E-state index in [-0.39, 0.29) is 19.4 Å². The summed E-state index contributed by atoms with van der Waals surface area (Å²) in [5.41, 5.74) is 7.89. The number of pyridine rings is 1. The van der Waals surface area contributed by atoms with Crippen LogP contribution in [0.15, 0.2) is 66.9 Å². The highest BCUT2D eigenvalue weighted by molar-refractivity contribution is 6.48. The molecule has 11 heteroatoms. The number of hydrogen-bond donors (Lipinski definition) is 2. The molecule has 1 saturated heterocycles. The van der Waals surface area contributed by atoms with E-state index >= 15 is 0 Å². The Labute approximate surface area is 291 Å². The fourth-order valence-electron chi connectivity index (χ4n) is 7.81. The third-order valence-electron chi connectivity index (χ3n) is 10.6. The average Bonchev–Trinajstić information content (AvgIpc) is 3.43. The SMILES string of the molecule is COc1c(C[C@H](NC(=O)C(N)c2ccc(OCc3ccccc3)cn2)B2OC3C[C@@H]4C[C@@H](C4(C)C)[C@]3(C)O2)cccc1C(=O)OC(C)(C)C.[H+]. The molecule has 1 aliphatic heterocycles. The molecular weight excluding hydrogens is 621 g/mol. The molecule has 3 N–H and O–H groups in total. The maximum absolute atomic E-state index is 13.8. The molecule has 2 heterocycles. The van der Waals surface area contributed by atoms with Crippen LogP contribution in [0.5, 0.6) is 11.5 Å². The molecule has 49 heavy (non-hydrogen) atoms. The number of nitrogens with two attached hydrogens (primary N) is 1. The highest BCUT2D eigenvalue weighted by atomic mass is 16.7. The number of nitrogens with one attached hydrogen (secondary N) is 1. The zero-order valence-corrected chi connectivity index (χ0v) is 29.5.